The van der Waals surface area contributed by atoms with Crippen LogP contribution in [0.15, 0.2) is 0 Å². The lowest BCUT2D eigenvalue weighted by atomic mass is 9.90. The van der Waals surface area contributed by atoms with Crippen LogP contribution in [-0.4, -0.2) is 12.6 Å². The van der Waals surface area contributed by atoms with Crippen LogP contribution in [-0.2, 0) is 0 Å². The minimum absolute atomic E-state index is 0.823. The fourth-order valence-corrected chi connectivity index (χ4v) is 2.02. The van der Waals surface area contributed by atoms with Gasteiger partial charge in [0.05, 0.1) is 0 Å². The van der Waals surface area contributed by atoms with Gasteiger partial charge in [-0.2, -0.15) is 0 Å². The highest BCUT2D eigenvalue weighted by molar-refractivity contribution is 4.76. The molecule has 0 bridgehead atoms. The summed E-state index contributed by atoms with van der Waals surface area (Å²) in [6.45, 7) is 5.91. The van der Waals surface area contributed by atoms with Crippen molar-refractivity contribution in [2.75, 3.05) is 6.54 Å². The van der Waals surface area contributed by atoms with Gasteiger partial charge in [-0.1, -0.05) is 26.7 Å². The van der Waals surface area contributed by atoms with Crippen molar-refractivity contribution >= 4 is 0 Å². The summed E-state index contributed by atoms with van der Waals surface area (Å²) in [5, 5.41) is 3.60. The SMILES string of the molecule is CCCC(C)C1CCCCN1. The maximum Gasteiger partial charge on any atom is 0.00926 e. The molecule has 2 unspecified atom stereocenters. The first-order chi connectivity index (χ1) is 5.34. The first kappa shape index (κ1) is 9.05. The number of nitrogens with one attached hydrogen (secondary N) is 1. The summed E-state index contributed by atoms with van der Waals surface area (Å²) in [4.78, 5) is 0. The van der Waals surface area contributed by atoms with E-state index in [1.165, 1.54) is 38.6 Å². The summed E-state index contributed by atoms with van der Waals surface area (Å²) in [5.74, 6) is 0.889. The predicted octanol–water partition coefficient (Wildman–Crippen LogP) is 2.56. The van der Waals surface area contributed by atoms with Gasteiger partial charge in [0.1, 0.15) is 0 Å². The molecule has 0 radical (unpaired) electrons. The first-order valence-electron chi connectivity index (χ1n) is 5.08. The maximum atomic E-state index is 3.60. The average molecular weight is 155 g/mol. The van der Waals surface area contributed by atoms with Crippen LogP contribution in [0.4, 0.5) is 0 Å². The van der Waals surface area contributed by atoms with Gasteiger partial charge in [0.2, 0.25) is 0 Å². The largest absolute Gasteiger partial charge is 0.314 e. The molecule has 11 heavy (non-hydrogen) atoms. The third kappa shape index (κ3) is 2.82. The summed E-state index contributed by atoms with van der Waals surface area (Å²) < 4.78 is 0. The van der Waals surface area contributed by atoms with Crippen molar-refractivity contribution in [3.05, 3.63) is 0 Å². The molecule has 1 rings (SSSR count). The molecule has 1 aliphatic heterocycles. The van der Waals surface area contributed by atoms with Crippen LogP contribution in [0.5, 0.6) is 0 Å². The van der Waals surface area contributed by atoms with Gasteiger partial charge < -0.3 is 5.32 Å². The van der Waals surface area contributed by atoms with E-state index in [0.29, 0.717) is 0 Å². The Labute approximate surface area is 70.6 Å². The Kier molecular flexibility index (Phi) is 3.92. The zero-order valence-electron chi connectivity index (χ0n) is 7.90. The average Bonchev–Trinajstić information content (AvgIpc) is 2.07. The lowest BCUT2D eigenvalue weighted by Crippen LogP contribution is -2.38. The molecule has 1 N–H and O–H groups in total. The van der Waals surface area contributed by atoms with Crippen molar-refractivity contribution in [2.45, 2.75) is 52.0 Å². The van der Waals surface area contributed by atoms with Gasteiger partial charge in [-0.3, -0.25) is 0 Å². The van der Waals surface area contributed by atoms with Gasteiger partial charge in [-0.05, 0) is 31.7 Å². The van der Waals surface area contributed by atoms with Crippen molar-refractivity contribution in [1.82, 2.24) is 5.32 Å². The molecule has 1 aliphatic rings. The molecule has 1 saturated heterocycles. The topological polar surface area (TPSA) is 12.0 Å². The summed E-state index contributed by atoms with van der Waals surface area (Å²) in [6, 6.07) is 0.823. The molecule has 0 aromatic rings. The Morgan fingerprint density at radius 1 is 1.45 bits per heavy atom. The van der Waals surface area contributed by atoms with E-state index in [-0.39, 0.29) is 0 Å². The van der Waals surface area contributed by atoms with Crippen LogP contribution in [0.25, 0.3) is 0 Å². The molecule has 0 aliphatic carbocycles. The van der Waals surface area contributed by atoms with Gasteiger partial charge in [-0.15, -0.1) is 0 Å². The van der Waals surface area contributed by atoms with Gasteiger partial charge in [0.15, 0.2) is 0 Å². The monoisotopic (exact) mass is 155 g/mol. The first-order valence-corrected chi connectivity index (χ1v) is 5.08. The zero-order valence-corrected chi connectivity index (χ0v) is 7.90. The Hall–Kier alpha value is -0.0400. The van der Waals surface area contributed by atoms with Crippen LogP contribution in [0, 0.1) is 5.92 Å². The van der Waals surface area contributed by atoms with Crippen molar-refractivity contribution in [3.8, 4) is 0 Å². The third-order valence-corrected chi connectivity index (χ3v) is 2.78. The molecule has 0 aromatic heterocycles. The zero-order chi connectivity index (χ0) is 8.10. The Morgan fingerprint density at radius 3 is 2.82 bits per heavy atom. The number of hydrogen-bond donors (Lipinski definition) is 1. The highest BCUT2D eigenvalue weighted by Gasteiger charge is 2.17. The maximum absolute atomic E-state index is 3.60. The van der Waals surface area contributed by atoms with E-state index in [1.54, 1.807) is 0 Å². The molecule has 1 nitrogen and oxygen atoms in total. The second-order valence-electron chi connectivity index (χ2n) is 3.82. The number of piperidine rings is 1. The standard InChI is InChI=1S/C10H21N/c1-3-6-9(2)10-7-4-5-8-11-10/h9-11H,3-8H2,1-2H3. The minimum atomic E-state index is 0.823. The highest BCUT2D eigenvalue weighted by atomic mass is 14.9. The molecular weight excluding hydrogens is 134 g/mol. The summed E-state index contributed by atoms with van der Waals surface area (Å²) in [5.41, 5.74) is 0. The van der Waals surface area contributed by atoms with Crippen LogP contribution in [0.2, 0.25) is 0 Å². The van der Waals surface area contributed by atoms with Crippen LogP contribution in [0.1, 0.15) is 46.0 Å². The van der Waals surface area contributed by atoms with Gasteiger partial charge in [0.25, 0.3) is 0 Å². The van der Waals surface area contributed by atoms with E-state index in [0.717, 1.165) is 12.0 Å². The number of hydrogen-bond acceptors (Lipinski definition) is 1. The molecule has 66 valence electrons. The molecule has 0 amide bonds. The highest BCUT2D eigenvalue weighted by Crippen LogP contribution is 2.18. The van der Waals surface area contributed by atoms with E-state index in [2.05, 4.69) is 19.2 Å². The Balaban J connectivity index is 2.21. The molecule has 1 heteroatoms. The normalized spacial score (nSPS) is 28.4. The lowest BCUT2D eigenvalue weighted by Gasteiger charge is -2.28. The molecule has 1 fully saturated rings. The molecule has 0 spiro atoms. The van der Waals surface area contributed by atoms with Crippen molar-refractivity contribution < 1.29 is 0 Å². The van der Waals surface area contributed by atoms with Crippen LogP contribution < -0.4 is 5.32 Å². The van der Waals surface area contributed by atoms with E-state index in [4.69, 9.17) is 0 Å². The molecule has 0 aromatic carbocycles. The molecule has 0 saturated carbocycles. The molecular formula is C10H21N. The fraction of sp³-hybridized carbons (Fsp3) is 1.00. The minimum Gasteiger partial charge on any atom is -0.314 e. The lowest BCUT2D eigenvalue weighted by molar-refractivity contribution is 0.296. The van der Waals surface area contributed by atoms with E-state index >= 15 is 0 Å². The van der Waals surface area contributed by atoms with E-state index < -0.39 is 0 Å². The van der Waals surface area contributed by atoms with Crippen molar-refractivity contribution in [1.29, 1.82) is 0 Å². The Morgan fingerprint density at radius 2 is 2.27 bits per heavy atom. The van der Waals surface area contributed by atoms with Crippen molar-refractivity contribution in [2.24, 2.45) is 5.92 Å². The van der Waals surface area contributed by atoms with E-state index in [9.17, 15) is 0 Å². The molecule has 1 heterocycles. The summed E-state index contributed by atoms with van der Waals surface area (Å²) >= 11 is 0. The summed E-state index contributed by atoms with van der Waals surface area (Å²) in [6.07, 6.45) is 6.94. The molecule has 2 atom stereocenters. The smallest absolute Gasteiger partial charge is 0.00926 e. The Bertz CT molecular complexity index is 95.0. The van der Waals surface area contributed by atoms with Gasteiger partial charge in [0, 0.05) is 6.04 Å². The van der Waals surface area contributed by atoms with Crippen molar-refractivity contribution in [3.63, 3.8) is 0 Å². The predicted molar refractivity (Wildman–Crippen MR) is 49.7 cm³/mol. The third-order valence-electron chi connectivity index (χ3n) is 2.78. The fourth-order valence-electron chi connectivity index (χ4n) is 2.02. The number of rotatable bonds is 3. The quantitative estimate of drug-likeness (QED) is 0.660. The van der Waals surface area contributed by atoms with Gasteiger partial charge >= 0.3 is 0 Å². The summed E-state index contributed by atoms with van der Waals surface area (Å²) in [7, 11) is 0. The second-order valence-corrected chi connectivity index (χ2v) is 3.82. The van der Waals surface area contributed by atoms with E-state index in [1.807, 2.05) is 0 Å². The van der Waals surface area contributed by atoms with Gasteiger partial charge in [-0.25, -0.2) is 0 Å². The van der Waals surface area contributed by atoms with Crippen LogP contribution in [0.3, 0.4) is 0 Å². The van der Waals surface area contributed by atoms with Crippen LogP contribution >= 0.6 is 0 Å². The second kappa shape index (κ2) is 4.76.